The second-order valence-corrected chi connectivity index (χ2v) is 8.62. The van der Waals surface area contributed by atoms with E-state index in [1.165, 1.54) is 11.8 Å². The van der Waals surface area contributed by atoms with Crippen molar-refractivity contribution in [3.63, 3.8) is 0 Å². The van der Waals surface area contributed by atoms with Gasteiger partial charge >= 0.3 is 0 Å². The van der Waals surface area contributed by atoms with E-state index in [0.717, 1.165) is 31.7 Å². The first-order chi connectivity index (χ1) is 11.9. The van der Waals surface area contributed by atoms with Gasteiger partial charge in [0.1, 0.15) is 0 Å². The SMILES string of the molecule is CN(Cc1ccccc1)Cc1cnc(S(C)(=O)=O)n1C[C@H]1CCCO1. The molecular formula is C18H25N3O3S. The van der Waals surface area contributed by atoms with Gasteiger partial charge in [0.05, 0.1) is 24.5 Å². The number of aromatic nitrogens is 2. The fourth-order valence-corrected chi connectivity index (χ4v) is 4.07. The molecule has 7 heteroatoms. The fourth-order valence-electron chi connectivity index (χ4n) is 3.23. The Morgan fingerprint density at radius 2 is 2.04 bits per heavy atom. The van der Waals surface area contributed by atoms with Crippen LogP contribution < -0.4 is 0 Å². The minimum Gasteiger partial charge on any atom is -0.376 e. The van der Waals surface area contributed by atoms with E-state index in [1.54, 1.807) is 6.20 Å². The summed E-state index contributed by atoms with van der Waals surface area (Å²) in [4.78, 5) is 6.34. The Hall–Kier alpha value is -1.70. The predicted octanol–water partition coefficient (Wildman–Crippen LogP) is 2.10. The van der Waals surface area contributed by atoms with Crippen LogP contribution in [0.3, 0.4) is 0 Å². The van der Waals surface area contributed by atoms with Crippen LogP contribution in [0.1, 0.15) is 24.1 Å². The lowest BCUT2D eigenvalue weighted by molar-refractivity contribution is 0.0934. The molecule has 2 aromatic rings. The number of rotatable bonds is 7. The summed E-state index contributed by atoms with van der Waals surface area (Å²) in [6.07, 6.45) is 4.93. The molecule has 0 bridgehead atoms. The number of ether oxygens (including phenoxy) is 1. The van der Waals surface area contributed by atoms with Gasteiger partial charge in [0.25, 0.3) is 0 Å². The van der Waals surface area contributed by atoms with Crippen LogP contribution in [0, 0.1) is 0 Å². The summed E-state index contributed by atoms with van der Waals surface area (Å²) in [5, 5.41) is 0.131. The Morgan fingerprint density at radius 3 is 2.68 bits per heavy atom. The Kier molecular flexibility index (Phi) is 5.56. The van der Waals surface area contributed by atoms with Crippen LogP contribution in [0.2, 0.25) is 0 Å². The molecule has 1 saturated heterocycles. The molecule has 0 aliphatic carbocycles. The van der Waals surface area contributed by atoms with Gasteiger partial charge in [-0.3, -0.25) is 4.90 Å². The average Bonchev–Trinajstić information content (AvgIpc) is 3.19. The fraction of sp³-hybridized carbons (Fsp3) is 0.500. The molecule has 25 heavy (non-hydrogen) atoms. The van der Waals surface area contributed by atoms with Crippen LogP contribution in [0.25, 0.3) is 0 Å². The second kappa shape index (κ2) is 7.68. The topological polar surface area (TPSA) is 64.4 Å². The van der Waals surface area contributed by atoms with Gasteiger partial charge in [0.2, 0.25) is 15.0 Å². The Balaban J connectivity index is 1.78. The molecule has 1 atom stereocenters. The third-order valence-electron chi connectivity index (χ3n) is 4.37. The van der Waals surface area contributed by atoms with Crippen LogP contribution in [0.5, 0.6) is 0 Å². The van der Waals surface area contributed by atoms with Gasteiger partial charge in [0.15, 0.2) is 0 Å². The molecule has 0 amide bonds. The molecule has 2 heterocycles. The first kappa shape index (κ1) is 18.1. The lowest BCUT2D eigenvalue weighted by Crippen LogP contribution is -2.24. The summed E-state index contributed by atoms with van der Waals surface area (Å²) in [6.45, 7) is 2.71. The van der Waals surface area contributed by atoms with Gasteiger partial charge in [-0.15, -0.1) is 0 Å². The molecule has 0 saturated carbocycles. The number of nitrogens with zero attached hydrogens (tertiary/aromatic N) is 3. The Labute approximate surface area is 149 Å². The van der Waals surface area contributed by atoms with Crippen LogP contribution in [0.4, 0.5) is 0 Å². The van der Waals surface area contributed by atoms with Crippen LogP contribution in [-0.4, -0.2) is 48.9 Å². The van der Waals surface area contributed by atoms with Crippen molar-refractivity contribution in [3.05, 3.63) is 47.8 Å². The monoisotopic (exact) mass is 363 g/mol. The van der Waals surface area contributed by atoms with Crippen molar-refractivity contribution in [1.82, 2.24) is 14.5 Å². The number of hydrogen-bond acceptors (Lipinski definition) is 5. The third kappa shape index (κ3) is 4.68. The van der Waals surface area contributed by atoms with Crippen molar-refractivity contribution in [3.8, 4) is 0 Å². The van der Waals surface area contributed by atoms with Gasteiger partial charge in [0, 0.05) is 26.0 Å². The summed E-state index contributed by atoms with van der Waals surface area (Å²) < 4.78 is 31.7. The van der Waals surface area contributed by atoms with Crippen molar-refractivity contribution < 1.29 is 13.2 Å². The third-order valence-corrected chi connectivity index (χ3v) is 5.36. The molecule has 3 rings (SSSR count). The van der Waals surface area contributed by atoms with E-state index < -0.39 is 9.84 Å². The van der Waals surface area contributed by atoms with E-state index in [2.05, 4.69) is 22.0 Å². The molecular weight excluding hydrogens is 338 g/mol. The minimum atomic E-state index is -3.37. The largest absolute Gasteiger partial charge is 0.376 e. The smallest absolute Gasteiger partial charge is 0.227 e. The standard InChI is InChI=1S/C18H25N3O3S/c1-20(12-15-7-4-3-5-8-15)13-16-11-19-18(25(2,22)23)21(16)14-17-9-6-10-24-17/h3-5,7-8,11,17H,6,9-10,12-14H2,1-2H3/t17-/m1/s1. The van der Waals surface area contributed by atoms with Gasteiger partial charge in [-0.05, 0) is 25.5 Å². The number of hydrogen-bond donors (Lipinski definition) is 0. The zero-order valence-electron chi connectivity index (χ0n) is 14.8. The summed E-state index contributed by atoms with van der Waals surface area (Å²) >= 11 is 0. The maximum absolute atomic E-state index is 12.1. The van der Waals surface area contributed by atoms with Crippen LogP contribution in [-0.2, 0) is 34.2 Å². The molecule has 0 N–H and O–H groups in total. The molecule has 0 unspecified atom stereocenters. The highest BCUT2D eigenvalue weighted by Crippen LogP contribution is 2.20. The normalized spacial score (nSPS) is 18.1. The molecule has 0 spiro atoms. The zero-order valence-corrected chi connectivity index (χ0v) is 15.6. The average molecular weight is 363 g/mol. The number of sulfone groups is 1. The molecule has 1 aliphatic heterocycles. The molecule has 6 nitrogen and oxygen atoms in total. The molecule has 1 aliphatic rings. The highest BCUT2D eigenvalue weighted by atomic mass is 32.2. The maximum Gasteiger partial charge on any atom is 0.227 e. The molecule has 1 aromatic carbocycles. The summed E-state index contributed by atoms with van der Waals surface area (Å²) in [7, 11) is -1.35. The molecule has 1 aromatic heterocycles. The summed E-state index contributed by atoms with van der Waals surface area (Å²) in [6, 6.07) is 10.2. The zero-order chi connectivity index (χ0) is 17.9. The quantitative estimate of drug-likeness (QED) is 0.754. The van der Waals surface area contributed by atoms with Crippen LogP contribution >= 0.6 is 0 Å². The van der Waals surface area contributed by atoms with E-state index >= 15 is 0 Å². The lowest BCUT2D eigenvalue weighted by Gasteiger charge is -2.20. The lowest BCUT2D eigenvalue weighted by atomic mass is 10.2. The van der Waals surface area contributed by atoms with Gasteiger partial charge in [-0.2, -0.15) is 0 Å². The number of imidazole rings is 1. The van der Waals surface area contributed by atoms with Gasteiger partial charge in [-0.1, -0.05) is 30.3 Å². The van der Waals surface area contributed by atoms with Crippen LogP contribution in [0.15, 0.2) is 41.7 Å². The number of benzene rings is 1. The van der Waals surface area contributed by atoms with Crippen molar-refractivity contribution >= 4 is 9.84 Å². The maximum atomic E-state index is 12.1. The van der Waals surface area contributed by atoms with Crippen molar-refractivity contribution in [1.29, 1.82) is 0 Å². The highest BCUT2D eigenvalue weighted by molar-refractivity contribution is 7.90. The van der Waals surface area contributed by atoms with E-state index in [-0.39, 0.29) is 11.3 Å². The van der Waals surface area contributed by atoms with E-state index in [9.17, 15) is 8.42 Å². The second-order valence-electron chi connectivity index (χ2n) is 6.71. The van der Waals surface area contributed by atoms with Crippen molar-refractivity contribution in [2.24, 2.45) is 0 Å². The molecule has 0 radical (unpaired) electrons. The highest BCUT2D eigenvalue weighted by Gasteiger charge is 2.24. The molecule has 136 valence electrons. The predicted molar refractivity (Wildman–Crippen MR) is 95.9 cm³/mol. The van der Waals surface area contributed by atoms with Crippen molar-refractivity contribution in [2.45, 2.75) is 43.7 Å². The Morgan fingerprint density at radius 1 is 1.28 bits per heavy atom. The Bertz CT molecular complexity index is 796. The van der Waals surface area contributed by atoms with Crippen molar-refractivity contribution in [2.75, 3.05) is 19.9 Å². The summed E-state index contributed by atoms with van der Waals surface area (Å²) in [5.74, 6) is 0. The minimum absolute atomic E-state index is 0.0629. The molecule has 1 fully saturated rings. The van der Waals surface area contributed by atoms with E-state index in [4.69, 9.17) is 4.74 Å². The first-order valence-electron chi connectivity index (χ1n) is 8.52. The van der Waals surface area contributed by atoms with E-state index in [0.29, 0.717) is 13.1 Å². The van der Waals surface area contributed by atoms with Gasteiger partial charge in [-0.25, -0.2) is 13.4 Å². The summed E-state index contributed by atoms with van der Waals surface area (Å²) in [5.41, 5.74) is 2.12. The van der Waals surface area contributed by atoms with E-state index in [1.807, 2.05) is 29.8 Å². The first-order valence-corrected chi connectivity index (χ1v) is 10.4. The van der Waals surface area contributed by atoms with Gasteiger partial charge < -0.3 is 9.30 Å².